The second-order valence-corrected chi connectivity index (χ2v) is 4.13. The number of ether oxygens (including phenoxy) is 3. The molecule has 2 atom stereocenters. The summed E-state index contributed by atoms with van der Waals surface area (Å²) in [5, 5.41) is 8.98. The van der Waals surface area contributed by atoms with Crippen molar-refractivity contribution in [3.8, 4) is 0 Å². The minimum absolute atomic E-state index is 0.0850. The van der Waals surface area contributed by atoms with Crippen molar-refractivity contribution in [2.45, 2.75) is 25.4 Å². The SMILES string of the molecule is C=C(CO)C1CCC(OCOCCOC)C1. The predicted molar refractivity (Wildman–Crippen MR) is 61.1 cm³/mol. The lowest BCUT2D eigenvalue weighted by molar-refractivity contribution is -0.0957. The molecule has 2 unspecified atom stereocenters. The Kier molecular flexibility index (Phi) is 6.64. The van der Waals surface area contributed by atoms with Crippen LogP contribution in [0.1, 0.15) is 19.3 Å². The van der Waals surface area contributed by atoms with Crippen LogP contribution in [0, 0.1) is 5.92 Å². The fourth-order valence-electron chi connectivity index (χ4n) is 1.94. The Morgan fingerprint density at radius 3 is 2.88 bits per heavy atom. The standard InChI is InChI=1S/C12H22O4/c1-10(8-13)11-3-4-12(7-11)16-9-15-6-5-14-2/h11-13H,1,3-9H2,2H3. The molecule has 0 amide bonds. The van der Waals surface area contributed by atoms with E-state index in [-0.39, 0.29) is 12.7 Å². The van der Waals surface area contributed by atoms with Crippen LogP contribution in [0.5, 0.6) is 0 Å². The molecule has 4 heteroatoms. The average Bonchev–Trinajstić information content (AvgIpc) is 2.76. The Labute approximate surface area is 97.2 Å². The van der Waals surface area contributed by atoms with E-state index in [1.807, 2.05) is 0 Å². The summed E-state index contributed by atoms with van der Waals surface area (Å²) in [6.07, 6.45) is 3.28. The minimum atomic E-state index is 0.0850. The van der Waals surface area contributed by atoms with Crippen molar-refractivity contribution in [1.82, 2.24) is 0 Å². The Balaban J connectivity index is 2.05. The Morgan fingerprint density at radius 1 is 1.38 bits per heavy atom. The highest BCUT2D eigenvalue weighted by molar-refractivity contribution is 5.03. The maximum absolute atomic E-state index is 8.98. The third-order valence-electron chi connectivity index (χ3n) is 2.98. The highest BCUT2D eigenvalue weighted by atomic mass is 16.7. The number of aliphatic hydroxyl groups excluding tert-OH is 1. The van der Waals surface area contributed by atoms with Crippen molar-refractivity contribution in [3.63, 3.8) is 0 Å². The van der Waals surface area contributed by atoms with Gasteiger partial charge in [0.25, 0.3) is 0 Å². The van der Waals surface area contributed by atoms with Crippen LogP contribution < -0.4 is 0 Å². The van der Waals surface area contributed by atoms with Crippen LogP contribution in [-0.2, 0) is 14.2 Å². The lowest BCUT2D eigenvalue weighted by Crippen LogP contribution is -2.14. The second kappa shape index (κ2) is 7.79. The summed E-state index contributed by atoms with van der Waals surface area (Å²) in [5.74, 6) is 0.411. The summed E-state index contributed by atoms with van der Waals surface area (Å²) < 4.78 is 15.7. The maximum atomic E-state index is 8.98. The first-order chi connectivity index (χ1) is 7.77. The molecule has 0 radical (unpaired) electrons. The molecule has 0 aromatic rings. The van der Waals surface area contributed by atoms with Crippen LogP contribution in [0.25, 0.3) is 0 Å². The lowest BCUT2D eigenvalue weighted by Gasteiger charge is -2.13. The number of rotatable bonds is 8. The van der Waals surface area contributed by atoms with Crippen molar-refractivity contribution in [2.24, 2.45) is 5.92 Å². The number of methoxy groups -OCH3 is 1. The van der Waals surface area contributed by atoms with Crippen LogP contribution in [0.3, 0.4) is 0 Å². The van der Waals surface area contributed by atoms with E-state index >= 15 is 0 Å². The molecule has 1 aliphatic carbocycles. The quantitative estimate of drug-likeness (QED) is 0.388. The van der Waals surface area contributed by atoms with Crippen molar-refractivity contribution in [2.75, 3.05) is 33.7 Å². The maximum Gasteiger partial charge on any atom is 0.147 e. The van der Waals surface area contributed by atoms with Gasteiger partial charge in [-0.1, -0.05) is 6.58 Å². The smallest absolute Gasteiger partial charge is 0.147 e. The van der Waals surface area contributed by atoms with E-state index in [4.69, 9.17) is 19.3 Å². The van der Waals surface area contributed by atoms with E-state index in [1.54, 1.807) is 7.11 Å². The zero-order valence-corrected chi connectivity index (χ0v) is 9.98. The van der Waals surface area contributed by atoms with Gasteiger partial charge in [-0.15, -0.1) is 0 Å². The van der Waals surface area contributed by atoms with E-state index in [9.17, 15) is 0 Å². The van der Waals surface area contributed by atoms with E-state index in [1.165, 1.54) is 0 Å². The van der Waals surface area contributed by atoms with Gasteiger partial charge in [-0.25, -0.2) is 0 Å². The summed E-state index contributed by atoms with van der Waals surface area (Å²) >= 11 is 0. The molecule has 0 bridgehead atoms. The first-order valence-electron chi connectivity index (χ1n) is 5.74. The molecule has 0 aromatic carbocycles. The van der Waals surface area contributed by atoms with Gasteiger partial charge >= 0.3 is 0 Å². The fraction of sp³-hybridized carbons (Fsp3) is 0.833. The molecule has 1 rings (SSSR count). The van der Waals surface area contributed by atoms with Gasteiger partial charge in [-0.3, -0.25) is 0 Å². The predicted octanol–water partition coefficient (Wildman–Crippen LogP) is 1.34. The third kappa shape index (κ3) is 4.61. The van der Waals surface area contributed by atoms with Crippen LogP contribution in [0.4, 0.5) is 0 Å². The Morgan fingerprint density at radius 2 is 2.19 bits per heavy atom. The van der Waals surface area contributed by atoms with Crippen LogP contribution in [0.15, 0.2) is 12.2 Å². The molecule has 0 aliphatic heterocycles. The van der Waals surface area contributed by atoms with Gasteiger partial charge in [-0.05, 0) is 30.8 Å². The average molecular weight is 230 g/mol. The topological polar surface area (TPSA) is 47.9 Å². The highest BCUT2D eigenvalue weighted by Crippen LogP contribution is 2.32. The minimum Gasteiger partial charge on any atom is -0.392 e. The van der Waals surface area contributed by atoms with E-state index in [0.29, 0.717) is 25.9 Å². The van der Waals surface area contributed by atoms with Gasteiger partial charge in [0, 0.05) is 7.11 Å². The van der Waals surface area contributed by atoms with Gasteiger partial charge in [0.15, 0.2) is 0 Å². The molecule has 0 aromatic heterocycles. The fourth-order valence-corrected chi connectivity index (χ4v) is 1.94. The molecule has 0 heterocycles. The molecular formula is C12H22O4. The molecule has 1 aliphatic rings. The zero-order valence-electron chi connectivity index (χ0n) is 9.98. The van der Waals surface area contributed by atoms with Crippen LogP contribution in [-0.4, -0.2) is 44.9 Å². The van der Waals surface area contributed by atoms with Crippen LogP contribution in [0.2, 0.25) is 0 Å². The zero-order chi connectivity index (χ0) is 11.8. The van der Waals surface area contributed by atoms with E-state index in [0.717, 1.165) is 24.8 Å². The van der Waals surface area contributed by atoms with Gasteiger partial charge in [0.1, 0.15) is 6.79 Å². The highest BCUT2D eigenvalue weighted by Gasteiger charge is 2.26. The Bertz CT molecular complexity index is 205. The van der Waals surface area contributed by atoms with Crippen molar-refractivity contribution in [1.29, 1.82) is 0 Å². The second-order valence-electron chi connectivity index (χ2n) is 4.13. The molecule has 0 saturated heterocycles. The molecule has 94 valence electrons. The monoisotopic (exact) mass is 230 g/mol. The summed E-state index contributed by atoms with van der Waals surface area (Å²) in [6, 6.07) is 0. The number of hydrogen-bond donors (Lipinski definition) is 1. The molecule has 1 N–H and O–H groups in total. The summed E-state index contributed by atoms with van der Waals surface area (Å²) in [6.45, 7) is 5.43. The number of aliphatic hydroxyl groups is 1. The largest absolute Gasteiger partial charge is 0.392 e. The molecular weight excluding hydrogens is 208 g/mol. The van der Waals surface area contributed by atoms with E-state index < -0.39 is 0 Å². The van der Waals surface area contributed by atoms with Gasteiger partial charge < -0.3 is 19.3 Å². The first kappa shape index (κ1) is 13.6. The van der Waals surface area contributed by atoms with Crippen molar-refractivity contribution in [3.05, 3.63) is 12.2 Å². The van der Waals surface area contributed by atoms with Gasteiger partial charge in [0.05, 0.1) is 25.9 Å². The van der Waals surface area contributed by atoms with Gasteiger partial charge in [0.2, 0.25) is 0 Å². The third-order valence-corrected chi connectivity index (χ3v) is 2.98. The van der Waals surface area contributed by atoms with Crippen molar-refractivity contribution >= 4 is 0 Å². The Hall–Kier alpha value is -0.420. The molecule has 0 spiro atoms. The molecule has 4 nitrogen and oxygen atoms in total. The first-order valence-corrected chi connectivity index (χ1v) is 5.74. The van der Waals surface area contributed by atoms with Crippen molar-refractivity contribution < 1.29 is 19.3 Å². The van der Waals surface area contributed by atoms with E-state index in [2.05, 4.69) is 6.58 Å². The molecule has 1 fully saturated rings. The summed E-state index contributed by atoms with van der Waals surface area (Å²) in [7, 11) is 1.65. The van der Waals surface area contributed by atoms with Gasteiger partial charge in [-0.2, -0.15) is 0 Å². The summed E-state index contributed by atoms with van der Waals surface area (Å²) in [5.41, 5.74) is 0.923. The lowest BCUT2D eigenvalue weighted by atomic mass is 10.00. The molecule has 1 saturated carbocycles. The summed E-state index contributed by atoms with van der Waals surface area (Å²) in [4.78, 5) is 0. The normalized spacial score (nSPS) is 24.9. The van der Waals surface area contributed by atoms with Crippen LogP contribution >= 0.6 is 0 Å². The number of hydrogen-bond acceptors (Lipinski definition) is 4. The molecule has 16 heavy (non-hydrogen) atoms.